The SMILES string of the molecule is O[C@H]1CN[C@@H](c2nc(C3CC4CCC3O4)no2)C1. The van der Waals surface area contributed by atoms with E-state index in [1.807, 2.05) is 0 Å². The Bertz CT molecular complexity index is 450. The molecule has 2 bridgehead atoms. The van der Waals surface area contributed by atoms with Crippen LogP contribution in [0.15, 0.2) is 4.52 Å². The third kappa shape index (κ3) is 1.67. The molecule has 5 atom stereocenters. The number of fused-ring (bicyclic) bond motifs is 2. The lowest BCUT2D eigenvalue weighted by Gasteiger charge is -2.13. The Kier molecular flexibility index (Phi) is 2.43. The highest BCUT2D eigenvalue weighted by Gasteiger charge is 2.44. The normalized spacial score (nSPS) is 42.8. The van der Waals surface area contributed by atoms with Crippen molar-refractivity contribution in [3.63, 3.8) is 0 Å². The molecule has 3 fully saturated rings. The van der Waals surface area contributed by atoms with E-state index in [1.54, 1.807) is 0 Å². The second-order valence-electron chi connectivity index (χ2n) is 5.56. The highest BCUT2D eigenvalue weighted by Crippen LogP contribution is 2.43. The van der Waals surface area contributed by atoms with Crippen LogP contribution in [-0.2, 0) is 4.74 Å². The quantitative estimate of drug-likeness (QED) is 0.796. The number of rotatable bonds is 2. The zero-order valence-electron chi connectivity index (χ0n) is 10.1. The molecule has 3 aliphatic rings. The molecule has 4 rings (SSSR count). The number of aliphatic hydroxyl groups excluding tert-OH is 1. The van der Waals surface area contributed by atoms with Gasteiger partial charge in [0.15, 0.2) is 5.82 Å². The number of aliphatic hydroxyl groups is 1. The van der Waals surface area contributed by atoms with E-state index in [9.17, 15) is 5.11 Å². The molecule has 2 N–H and O–H groups in total. The van der Waals surface area contributed by atoms with E-state index in [2.05, 4.69) is 15.5 Å². The monoisotopic (exact) mass is 251 g/mol. The van der Waals surface area contributed by atoms with E-state index in [1.165, 1.54) is 6.42 Å². The summed E-state index contributed by atoms with van der Waals surface area (Å²) in [6, 6.07) is 0.000703. The van der Waals surface area contributed by atoms with Crippen LogP contribution >= 0.6 is 0 Å². The van der Waals surface area contributed by atoms with Gasteiger partial charge in [0.25, 0.3) is 0 Å². The van der Waals surface area contributed by atoms with Gasteiger partial charge in [0, 0.05) is 6.54 Å². The highest BCUT2D eigenvalue weighted by atomic mass is 16.5. The van der Waals surface area contributed by atoms with Gasteiger partial charge in [-0.25, -0.2) is 0 Å². The number of ether oxygens (including phenoxy) is 1. The topological polar surface area (TPSA) is 80.4 Å². The molecule has 0 amide bonds. The summed E-state index contributed by atoms with van der Waals surface area (Å²) >= 11 is 0. The molecule has 18 heavy (non-hydrogen) atoms. The molecule has 6 heteroatoms. The first-order chi connectivity index (χ1) is 8.79. The van der Waals surface area contributed by atoms with Gasteiger partial charge in [0.1, 0.15) is 0 Å². The Labute approximate surface area is 105 Å². The Hall–Kier alpha value is -0.980. The Balaban J connectivity index is 1.52. The predicted molar refractivity (Wildman–Crippen MR) is 60.9 cm³/mol. The molecule has 1 aromatic rings. The molecule has 98 valence electrons. The maximum absolute atomic E-state index is 9.49. The standard InChI is InChI=1S/C12H17N3O3/c16-6-3-9(13-5-6)12-14-11(15-18-12)8-4-7-1-2-10(8)17-7/h6-10,13,16H,1-5H2/t6-,7?,8?,9-,10?/m1/s1. The van der Waals surface area contributed by atoms with Gasteiger partial charge in [-0.1, -0.05) is 5.16 Å². The van der Waals surface area contributed by atoms with Crippen molar-refractivity contribution < 1.29 is 14.4 Å². The van der Waals surface area contributed by atoms with Crippen LogP contribution in [0.1, 0.15) is 49.4 Å². The second-order valence-corrected chi connectivity index (χ2v) is 5.56. The summed E-state index contributed by atoms with van der Waals surface area (Å²) in [6.45, 7) is 0.597. The predicted octanol–water partition coefficient (Wildman–Crippen LogP) is 0.500. The number of hydrogen-bond acceptors (Lipinski definition) is 6. The molecule has 3 aliphatic heterocycles. The lowest BCUT2D eigenvalue weighted by molar-refractivity contribution is 0.0996. The van der Waals surface area contributed by atoms with Crippen molar-refractivity contribution in [2.75, 3.05) is 6.54 Å². The molecular weight excluding hydrogens is 234 g/mol. The average Bonchev–Trinajstić information content (AvgIpc) is 3.12. The van der Waals surface area contributed by atoms with Gasteiger partial charge in [-0.3, -0.25) is 0 Å². The molecule has 3 saturated heterocycles. The molecule has 0 spiro atoms. The van der Waals surface area contributed by atoms with Crippen LogP contribution in [-0.4, -0.2) is 40.1 Å². The fourth-order valence-corrected chi connectivity index (χ4v) is 3.35. The Morgan fingerprint density at radius 3 is 2.89 bits per heavy atom. The smallest absolute Gasteiger partial charge is 0.243 e. The van der Waals surface area contributed by atoms with Crippen molar-refractivity contribution in [3.05, 3.63) is 11.7 Å². The van der Waals surface area contributed by atoms with E-state index in [4.69, 9.17) is 9.26 Å². The van der Waals surface area contributed by atoms with E-state index in [-0.39, 0.29) is 18.2 Å². The van der Waals surface area contributed by atoms with Crippen LogP contribution in [0.25, 0.3) is 0 Å². The van der Waals surface area contributed by atoms with Crippen LogP contribution in [0.2, 0.25) is 0 Å². The van der Waals surface area contributed by atoms with Crippen LogP contribution < -0.4 is 5.32 Å². The number of hydrogen-bond donors (Lipinski definition) is 2. The van der Waals surface area contributed by atoms with Crippen molar-refractivity contribution in [2.45, 2.75) is 56.0 Å². The van der Waals surface area contributed by atoms with Crippen LogP contribution in [0, 0.1) is 0 Å². The zero-order chi connectivity index (χ0) is 12.1. The van der Waals surface area contributed by atoms with Crippen molar-refractivity contribution in [3.8, 4) is 0 Å². The zero-order valence-corrected chi connectivity index (χ0v) is 10.1. The van der Waals surface area contributed by atoms with Crippen molar-refractivity contribution in [1.29, 1.82) is 0 Å². The molecule has 3 unspecified atom stereocenters. The van der Waals surface area contributed by atoms with Gasteiger partial charge in [-0.05, 0) is 25.7 Å². The second kappa shape index (κ2) is 4.01. The maximum atomic E-state index is 9.49. The molecule has 4 heterocycles. The summed E-state index contributed by atoms with van der Waals surface area (Å²) in [5.41, 5.74) is 0. The van der Waals surface area contributed by atoms with Crippen LogP contribution in [0.3, 0.4) is 0 Å². The van der Waals surface area contributed by atoms with E-state index in [0.717, 1.165) is 18.7 Å². The number of β-amino-alcohol motifs (C(OH)–C–C–N with tert-alkyl or cyclic N) is 1. The number of nitrogens with zero attached hydrogens (tertiary/aromatic N) is 2. The van der Waals surface area contributed by atoms with Crippen LogP contribution in [0.4, 0.5) is 0 Å². The third-order valence-electron chi connectivity index (χ3n) is 4.30. The summed E-state index contributed by atoms with van der Waals surface area (Å²) < 4.78 is 11.1. The van der Waals surface area contributed by atoms with Gasteiger partial charge in [0.05, 0.1) is 30.3 Å². The molecule has 6 nitrogen and oxygen atoms in total. The number of nitrogens with one attached hydrogen (secondary N) is 1. The minimum absolute atomic E-state index is 0.000703. The van der Waals surface area contributed by atoms with Crippen molar-refractivity contribution in [2.24, 2.45) is 0 Å². The van der Waals surface area contributed by atoms with E-state index < -0.39 is 0 Å². The third-order valence-corrected chi connectivity index (χ3v) is 4.30. The van der Waals surface area contributed by atoms with Gasteiger partial charge in [-0.2, -0.15) is 4.98 Å². The molecule has 0 radical (unpaired) electrons. The fraction of sp³-hybridized carbons (Fsp3) is 0.833. The Morgan fingerprint density at radius 2 is 2.22 bits per heavy atom. The minimum atomic E-state index is -0.309. The van der Waals surface area contributed by atoms with Gasteiger partial charge in [0.2, 0.25) is 5.89 Å². The number of aromatic nitrogens is 2. The minimum Gasteiger partial charge on any atom is -0.392 e. The summed E-state index contributed by atoms with van der Waals surface area (Å²) in [5, 5.41) is 16.8. The summed E-state index contributed by atoms with van der Waals surface area (Å²) in [7, 11) is 0. The highest BCUT2D eigenvalue weighted by molar-refractivity contribution is 5.08. The average molecular weight is 251 g/mol. The summed E-state index contributed by atoms with van der Waals surface area (Å²) in [5.74, 6) is 1.68. The van der Waals surface area contributed by atoms with Gasteiger partial charge < -0.3 is 19.7 Å². The summed E-state index contributed by atoms with van der Waals surface area (Å²) in [4.78, 5) is 4.50. The van der Waals surface area contributed by atoms with E-state index in [0.29, 0.717) is 30.9 Å². The van der Waals surface area contributed by atoms with E-state index >= 15 is 0 Å². The molecule has 1 aromatic heterocycles. The Morgan fingerprint density at radius 1 is 1.28 bits per heavy atom. The van der Waals surface area contributed by atoms with Gasteiger partial charge >= 0.3 is 0 Å². The van der Waals surface area contributed by atoms with Crippen molar-refractivity contribution in [1.82, 2.24) is 15.5 Å². The molecule has 0 saturated carbocycles. The molecular formula is C12H17N3O3. The largest absolute Gasteiger partial charge is 0.392 e. The van der Waals surface area contributed by atoms with Crippen molar-refractivity contribution >= 4 is 0 Å². The first-order valence-corrected chi connectivity index (χ1v) is 6.70. The molecule has 0 aromatic carbocycles. The maximum Gasteiger partial charge on any atom is 0.243 e. The molecule has 0 aliphatic carbocycles. The van der Waals surface area contributed by atoms with Crippen LogP contribution in [0.5, 0.6) is 0 Å². The lowest BCUT2D eigenvalue weighted by atomic mass is 9.89. The fourth-order valence-electron chi connectivity index (χ4n) is 3.35. The first kappa shape index (κ1) is 10.9. The van der Waals surface area contributed by atoms with Gasteiger partial charge in [-0.15, -0.1) is 0 Å². The first-order valence-electron chi connectivity index (χ1n) is 6.70. The summed E-state index contributed by atoms with van der Waals surface area (Å²) in [6.07, 6.45) is 4.31. The lowest BCUT2D eigenvalue weighted by Crippen LogP contribution is -2.17.